The van der Waals surface area contributed by atoms with E-state index >= 15 is 0 Å². The molecule has 1 aromatic carbocycles. The summed E-state index contributed by atoms with van der Waals surface area (Å²) in [6.45, 7) is 4.14. The summed E-state index contributed by atoms with van der Waals surface area (Å²) in [6, 6.07) is 4.38. The molecule has 0 aliphatic heterocycles. The fourth-order valence-corrected chi connectivity index (χ4v) is 2.31. The summed E-state index contributed by atoms with van der Waals surface area (Å²) < 4.78 is 15.2. The topological polar surface area (TPSA) is 46.9 Å². The molecule has 1 aromatic heterocycles. The van der Waals surface area contributed by atoms with Gasteiger partial charge in [0.05, 0.1) is 18.4 Å². The summed E-state index contributed by atoms with van der Waals surface area (Å²) in [5.41, 5.74) is 0.708. The molecule has 0 amide bonds. The van der Waals surface area contributed by atoms with Crippen molar-refractivity contribution in [3.63, 3.8) is 0 Å². The minimum absolute atomic E-state index is 0.0411. The van der Waals surface area contributed by atoms with Gasteiger partial charge < -0.3 is 5.32 Å². The molecule has 0 unspecified atom stereocenters. The van der Waals surface area contributed by atoms with Crippen LogP contribution in [0, 0.1) is 5.82 Å². The van der Waals surface area contributed by atoms with E-state index in [9.17, 15) is 9.18 Å². The lowest BCUT2D eigenvalue weighted by molar-refractivity contribution is 0.625. The third-order valence-electron chi connectivity index (χ3n) is 2.76. The molecule has 2 aromatic rings. The molecule has 0 spiro atoms. The molecule has 0 aliphatic carbocycles. The van der Waals surface area contributed by atoms with Crippen LogP contribution in [-0.2, 0) is 13.1 Å². The summed E-state index contributed by atoms with van der Waals surface area (Å²) in [5.74, 6) is -0.333. The van der Waals surface area contributed by atoms with Crippen molar-refractivity contribution < 1.29 is 4.39 Å². The summed E-state index contributed by atoms with van der Waals surface area (Å²) >= 11 is 9.35. The average molecular weight is 373 g/mol. The van der Waals surface area contributed by atoms with Crippen molar-refractivity contribution in [2.45, 2.75) is 13.1 Å². The number of nitrogens with zero attached hydrogens (tertiary/aromatic N) is 2. The Bertz CT molecular complexity index is 733. The normalized spacial score (nSPS) is 10.4. The molecule has 0 saturated carbocycles. The van der Waals surface area contributed by atoms with E-state index in [2.05, 4.69) is 32.9 Å². The van der Waals surface area contributed by atoms with Gasteiger partial charge in [-0.3, -0.25) is 4.79 Å². The third-order valence-corrected chi connectivity index (χ3v) is 3.90. The number of anilines is 1. The van der Waals surface area contributed by atoms with Crippen LogP contribution in [0.4, 0.5) is 10.1 Å². The molecule has 0 aliphatic rings. The van der Waals surface area contributed by atoms with Crippen LogP contribution in [0.25, 0.3) is 0 Å². The van der Waals surface area contributed by atoms with Gasteiger partial charge in [-0.1, -0.05) is 33.6 Å². The maximum absolute atomic E-state index is 13.2. The van der Waals surface area contributed by atoms with Crippen molar-refractivity contribution in [2.24, 2.45) is 0 Å². The zero-order valence-corrected chi connectivity index (χ0v) is 13.3. The molecule has 21 heavy (non-hydrogen) atoms. The maximum atomic E-state index is 13.2. The lowest BCUT2D eigenvalue weighted by atomic mass is 10.2. The third kappa shape index (κ3) is 3.71. The Morgan fingerprint density at radius 3 is 3.00 bits per heavy atom. The van der Waals surface area contributed by atoms with E-state index in [-0.39, 0.29) is 17.4 Å². The summed E-state index contributed by atoms with van der Waals surface area (Å²) in [4.78, 5) is 11.9. The van der Waals surface area contributed by atoms with E-state index in [0.29, 0.717) is 17.8 Å². The van der Waals surface area contributed by atoms with Crippen molar-refractivity contribution in [1.82, 2.24) is 9.78 Å². The standard InChI is InChI=1S/C14H12BrClFN3O/c1-2-5-20-14(21)13(16)12(8-19-20)18-7-9-6-10(17)3-4-11(9)15/h2-4,6,8,18H,1,5,7H2. The van der Waals surface area contributed by atoms with Gasteiger partial charge in [0.2, 0.25) is 0 Å². The van der Waals surface area contributed by atoms with Crippen LogP contribution in [0.5, 0.6) is 0 Å². The van der Waals surface area contributed by atoms with Crippen LogP contribution in [0.15, 0.2) is 46.3 Å². The molecule has 0 saturated heterocycles. The van der Waals surface area contributed by atoms with Gasteiger partial charge in [-0.05, 0) is 23.8 Å². The van der Waals surface area contributed by atoms with Crippen LogP contribution >= 0.6 is 27.5 Å². The number of hydrogen-bond donors (Lipinski definition) is 1. The van der Waals surface area contributed by atoms with E-state index in [0.717, 1.165) is 4.47 Å². The Kier molecular flexibility index (Phi) is 5.14. The van der Waals surface area contributed by atoms with Crippen LogP contribution in [0.1, 0.15) is 5.56 Å². The highest BCUT2D eigenvalue weighted by Gasteiger charge is 2.09. The molecule has 0 bridgehead atoms. The van der Waals surface area contributed by atoms with Gasteiger partial charge in [0.25, 0.3) is 5.56 Å². The number of halogens is 3. The largest absolute Gasteiger partial charge is 0.378 e. The van der Waals surface area contributed by atoms with Crippen LogP contribution in [0.3, 0.4) is 0 Å². The maximum Gasteiger partial charge on any atom is 0.287 e. The molecular weight excluding hydrogens is 361 g/mol. The number of aromatic nitrogens is 2. The summed E-state index contributed by atoms with van der Waals surface area (Å²) in [7, 11) is 0. The minimum Gasteiger partial charge on any atom is -0.378 e. The predicted octanol–water partition coefficient (Wildman–Crippen LogP) is 3.60. The van der Waals surface area contributed by atoms with Crippen molar-refractivity contribution >= 4 is 33.2 Å². The second kappa shape index (κ2) is 6.87. The quantitative estimate of drug-likeness (QED) is 0.816. The Morgan fingerprint density at radius 2 is 2.29 bits per heavy atom. The number of rotatable bonds is 5. The molecule has 2 rings (SSSR count). The van der Waals surface area contributed by atoms with Gasteiger partial charge in [-0.2, -0.15) is 5.10 Å². The fourth-order valence-electron chi connectivity index (χ4n) is 1.71. The first kappa shape index (κ1) is 15.7. The number of hydrogen-bond acceptors (Lipinski definition) is 3. The molecule has 1 N–H and O–H groups in total. The highest BCUT2D eigenvalue weighted by molar-refractivity contribution is 9.10. The lowest BCUT2D eigenvalue weighted by Crippen LogP contribution is -2.23. The minimum atomic E-state index is -0.403. The zero-order valence-electron chi connectivity index (χ0n) is 10.9. The molecule has 1 heterocycles. The second-order valence-electron chi connectivity index (χ2n) is 4.24. The zero-order chi connectivity index (χ0) is 15.4. The van der Waals surface area contributed by atoms with Crippen LogP contribution in [-0.4, -0.2) is 9.78 Å². The van der Waals surface area contributed by atoms with E-state index in [1.54, 1.807) is 12.1 Å². The smallest absolute Gasteiger partial charge is 0.287 e. The summed E-state index contributed by atoms with van der Waals surface area (Å²) in [5, 5.41) is 7.00. The van der Waals surface area contributed by atoms with Crippen molar-refractivity contribution in [3.8, 4) is 0 Å². The van der Waals surface area contributed by atoms with Gasteiger partial charge in [-0.15, -0.1) is 6.58 Å². The highest BCUT2D eigenvalue weighted by Crippen LogP contribution is 2.21. The molecule has 110 valence electrons. The number of allylic oxidation sites excluding steroid dienone is 1. The first-order chi connectivity index (χ1) is 10.0. The first-order valence-electron chi connectivity index (χ1n) is 6.07. The van der Waals surface area contributed by atoms with Gasteiger partial charge in [-0.25, -0.2) is 9.07 Å². The Balaban J connectivity index is 2.21. The van der Waals surface area contributed by atoms with Crippen LogP contribution in [0.2, 0.25) is 5.02 Å². The predicted molar refractivity (Wildman–Crippen MR) is 85.1 cm³/mol. The molecule has 0 fully saturated rings. The van der Waals surface area contributed by atoms with Crippen molar-refractivity contribution in [2.75, 3.05) is 5.32 Å². The van der Waals surface area contributed by atoms with Gasteiger partial charge in [0.1, 0.15) is 10.8 Å². The molecular formula is C14H12BrClFN3O. The van der Waals surface area contributed by atoms with Crippen molar-refractivity contribution in [3.05, 3.63) is 68.3 Å². The van der Waals surface area contributed by atoms with Gasteiger partial charge >= 0.3 is 0 Å². The second-order valence-corrected chi connectivity index (χ2v) is 5.47. The Hall–Kier alpha value is -1.66. The molecule has 7 heteroatoms. The Labute approximate surface area is 134 Å². The Morgan fingerprint density at radius 1 is 1.52 bits per heavy atom. The number of benzene rings is 1. The average Bonchev–Trinajstić information content (AvgIpc) is 2.46. The fraction of sp³-hybridized carbons (Fsp3) is 0.143. The first-order valence-corrected chi connectivity index (χ1v) is 7.24. The van der Waals surface area contributed by atoms with E-state index < -0.39 is 5.56 Å². The monoisotopic (exact) mass is 371 g/mol. The molecule has 0 radical (unpaired) electrons. The van der Waals surface area contributed by atoms with E-state index in [1.165, 1.54) is 23.0 Å². The van der Waals surface area contributed by atoms with Gasteiger partial charge in [0.15, 0.2) is 0 Å². The van der Waals surface area contributed by atoms with Gasteiger partial charge in [0, 0.05) is 11.0 Å². The molecule has 4 nitrogen and oxygen atoms in total. The van der Waals surface area contributed by atoms with E-state index in [4.69, 9.17) is 11.6 Å². The summed E-state index contributed by atoms with van der Waals surface area (Å²) in [6.07, 6.45) is 3.02. The SMILES string of the molecule is C=CCn1ncc(NCc2cc(F)ccc2Br)c(Cl)c1=O. The molecule has 0 atom stereocenters. The van der Waals surface area contributed by atoms with Crippen molar-refractivity contribution in [1.29, 1.82) is 0 Å². The number of nitrogens with one attached hydrogen (secondary N) is 1. The van der Waals surface area contributed by atoms with E-state index in [1.807, 2.05) is 0 Å². The highest BCUT2D eigenvalue weighted by atomic mass is 79.9. The van der Waals surface area contributed by atoms with Crippen LogP contribution < -0.4 is 10.9 Å². The lowest BCUT2D eigenvalue weighted by Gasteiger charge is -2.10.